The van der Waals surface area contributed by atoms with E-state index in [4.69, 9.17) is 0 Å². The third kappa shape index (κ3) is 4.06. The van der Waals surface area contributed by atoms with Gasteiger partial charge in [-0.2, -0.15) is 4.31 Å². The second kappa shape index (κ2) is 7.74. The van der Waals surface area contributed by atoms with E-state index in [0.29, 0.717) is 17.3 Å². The highest BCUT2D eigenvalue weighted by molar-refractivity contribution is 7.89. The molecule has 0 radical (unpaired) electrons. The molecule has 2 aliphatic heterocycles. The number of rotatable bonds is 3. The monoisotopic (exact) mass is 461 g/mol. The van der Waals surface area contributed by atoms with Gasteiger partial charge in [-0.05, 0) is 29.2 Å². The van der Waals surface area contributed by atoms with Gasteiger partial charge < -0.3 is 5.32 Å². The Morgan fingerprint density at radius 3 is 2.19 bits per heavy atom. The third-order valence-corrected chi connectivity index (χ3v) is 7.88. The second-order valence-corrected chi connectivity index (χ2v) is 11.2. The topological polar surface area (TPSA) is 78.8 Å². The summed E-state index contributed by atoms with van der Waals surface area (Å²) in [5, 5.41) is 2.92. The highest BCUT2D eigenvalue weighted by Gasteiger charge is 2.44. The Morgan fingerprint density at radius 2 is 1.62 bits per heavy atom. The number of benzene rings is 2. The SMILES string of the molecule is CC(C)(C)c1ccc(C2=NC3(CCN(S(=O)(=O)c4ccc(F)c(F)c4)CC3)NC2=O)cc1. The lowest BCUT2D eigenvalue weighted by Crippen LogP contribution is -2.52. The van der Waals surface area contributed by atoms with E-state index in [9.17, 15) is 22.0 Å². The average molecular weight is 462 g/mol. The molecule has 9 heteroatoms. The van der Waals surface area contributed by atoms with Crippen LogP contribution in [0.15, 0.2) is 52.4 Å². The van der Waals surface area contributed by atoms with E-state index < -0.39 is 27.3 Å². The maximum absolute atomic E-state index is 13.5. The summed E-state index contributed by atoms with van der Waals surface area (Å²) >= 11 is 0. The lowest BCUT2D eigenvalue weighted by atomic mass is 9.86. The van der Waals surface area contributed by atoms with Crippen molar-refractivity contribution in [2.45, 2.75) is 49.6 Å². The second-order valence-electron chi connectivity index (χ2n) is 9.25. The molecule has 0 unspecified atom stereocenters. The summed E-state index contributed by atoms with van der Waals surface area (Å²) in [6, 6.07) is 10.2. The number of carbonyl (C=O) groups excluding carboxylic acids is 1. The van der Waals surface area contributed by atoms with E-state index in [2.05, 4.69) is 31.1 Å². The number of carbonyl (C=O) groups is 1. The van der Waals surface area contributed by atoms with Crippen LogP contribution in [0.5, 0.6) is 0 Å². The van der Waals surface area contributed by atoms with E-state index in [0.717, 1.165) is 17.7 Å². The average Bonchev–Trinajstić information content (AvgIpc) is 3.05. The summed E-state index contributed by atoms with van der Waals surface area (Å²) < 4.78 is 53.6. The van der Waals surface area contributed by atoms with Crippen molar-refractivity contribution in [2.24, 2.45) is 4.99 Å². The number of amides is 1. The summed E-state index contributed by atoms with van der Waals surface area (Å²) in [5.41, 5.74) is 1.32. The molecule has 0 bridgehead atoms. The largest absolute Gasteiger partial charge is 0.326 e. The van der Waals surface area contributed by atoms with Gasteiger partial charge in [-0.3, -0.25) is 9.79 Å². The predicted molar refractivity (Wildman–Crippen MR) is 117 cm³/mol. The maximum Gasteiger partial charge on any atom is 0.272 e. The Labute approximate surface area is 186 Å². The number of hydrogen-bond donors (Lipinski definition) is 1. The number of aliphatic imine (C=N–C) groups is 1. The van der Waals surface area contributed by atoms with E-state index in [1.54, 1.807) is 0 Å². The Morgan fingerprint density at radius 1 is 1.00 bits per heavy atom. The molecule has 0 atom stereocenters. The lowest BCUT2D eigenvalue weighted by molar-refractivity contribution is -0.115. The molecule has 1 spiro atoms. The Balaban J connectivity index is 1.52. The van der Waals surface area contributed by atoms with Gasteiger partial charge in [0.05, 0.1) is 4.90 Å². The Hall–Kier alpha value is -2.65. The van der Waals surface area contributed by atoms with Crippen molar-refractivity contribution in [3.8, 4) is 0 Å². The van der Waals surface area contributed by atoms with Gasteiger partial charge in [0, 0.05) is 31.5 Å². The molecule has 2 aromatic rings. The summed E-state index contributed by atoms with van der Waals surface area (Å²) in [7, 11) is -3.98. The predicted octanol–water partition coefficient (Wildman–Crippen LogP) is 3.36. The first-order valence-electron chi connectivity index (χ1n) is 10.4. The zero-order chi connectivity index (χ0) is 23.3. The highest BCUT2D eigenvalue weighted by atomic mass is 32.2. The van der Waals surface area contributed by atoms with Gasteiger partial charge in [0.2, 0.25) is 10.0 Å². The van der Waals surface area contributed by atoms with Crippen LogP contribution in [0.2, 0.25) is 0 Å². The summed E-state index contributed by atoms with van der Waals surface area (Å²) in [4.78, 5) is 17.0. The molecule has 0 saturated carbocycles. The molecule has 4 rings (SSSR count). The molecule has 1 saturated heterocycles. The van der Waals surface area contributed by atoms with Gasteiger partial charge in [-0.25, -0.2) is 17.2 Å². The molecule has 1 N–H and O–H groups in total. The van der Waals surface area contributed by atoms with Gasteiger partial charge in [0.1, 0.15) is 11.4 Å². The third-order valence-electron chi connectivity index (χ3n) is 5.99. The fourth-order valence-corrected chi connectivity index (χ4v) is 5.46. The number of sulfonamides is 1. The summed E-state index contributed by atoms with van der Waals surface area (Å²) in [6.07, 6.45) is 0.566. The van der Waals surface area contributed by atoms with E-state index in [1.807, 2.05) is 24.3 Å². The molecule has 2 heterocycles. The van der Waals surface area contributed by atoms with Gasteiger partial charge in [0.25, 0.3) is 5.91 Å². The molecule has 2 aromatic carbocycles. The first-order chi connectivity index (χ1) is 14.9. The zero-order valence-electron chi connectivity index (χ0n) is 18.2. The smallest absolute Gasteiger partial charge is 0.272 e. The van der Waals surface area contributed by atoms with Gasteiger partial charge in [-0.1, -0.05) is 45.0 Å². The van der Waals surface area contributed by atoms with E-state index in [-0.39, 0.29) is 42.1 Å². The normalized spacial score (nSPS) is 19.2. The van der Waals surface area contributed by atoms with Crippen molar-refractivity contribution in [2.75, 3.05) is 13.1 Å². The van der Waals surface area contributed by atoms with Crippen molar-refractivity contribution < 1.29 is 22.0 Å². The fraction of sp³-hybridized carbons (Fsp3) is 0.391. The van der Waals surface area contributed by atoms with Gasteiger partial charge in [0.15, 0.2) is 11.6 Å². The minimum atomic E-state index is -3.98. The van der Waals surface area contributed by atoms with E-state index in [1.165, 1.54) is 4.31 Å². The van der Waals surface area contributed by atoms with Crippen LogP contribution in [0.25, 0.3) is 0 Å². The molecule has 1 fully saturated rings. The number of nitrogens with zero attached hydrogens (tertiary/aromatic N) is 2. The van der Waals surface area contributed by atoms with Crippen LogP contribution in [-0.2, 0) is 20.2 Å². The molecular weight excluding hydrogens is 436 g/mol. The molecule has 2 aliphatic rings. The molecule has 1 amide bonds. The van der Waals surface area contributed by atoms with Crippen LogP contribution in [0, 0.1) is 11.6 Å². The van der Waals surface area contributed by atoms with Crippen LogP contribution in [0.3, 0.4) is 0 Å². The number of hydrogen-bond acceptors (Lipinski definition) is 4. The fourth-order valence-electron chi connectivity index (χ4n) is 4.01. The molecule has 0 aliphatic carbocycles. The number of nitrogens with one attached hydrogen (secondary N) is 1. The van der Waals surface area contributed by atoms with Crippen LogP contribution in [-0.4, -0.2) is 43.1 Å². The van der Waals surface area contributed by atoms with Crippen LogP contribution >= 0.6 is 0 Å². The molecular formula is C23H25F2N3O3S. The molecule has 170 valence electrons. The first kappa shape index (κ1) is 22.5. The van der Waals surface area contributed by atoms with Crippen LogP contribution < -0.4 is 5.32 Å². The zero-order valence-corrected chi connectivity index (χ0v) is 19.0. The minimum absolute atomic E-state index is 0.00868. The van der Waals surface area contributed by atoms with Crippen LogP contribution in [0.1, 0.15) is 44.7 Å². The van der Waals surface area contributed by atoms with Gasteiger partial charge >= 0.3 is 0 Å². The summed E-state index contributed by atoms with van der Waals surface area (Å²) in [5.74, 6) is -2.60. The minimum Gasteiger partial charge on any atom is -0.326 e. The van der Waals surface area contributed by atoms with Gasteiger partial charge in [-0.15, -0.1) is 0 Å². The van der Waals surface area contributed by atoms with Crippen molar-refractivity contribution in [3.05, 3.63) is 65.2 Å². The van der Waals surface area contributed by atoms with Crippen molar-refractivity contribution in [1.29, 1.82) is 0 Å². The van der Waals surface area contributed by atoms with Crippen LogP contribution in [0.4, 0.5) is 8.78 Å². The standard InChI is InChI=1S/C23H25F2N3O3S/c1-22(2,3)16-6-4-15(5-7-16)20-21(29)27-23(26-20)10-12-28(13-11-23)32(30,31)17-8-9-18(24)19(25)14-17/h4-9,14H,10-13H2,1-3H3,(H,27,29). The highest BCUT2D eigenvalue weighted by Crippen LogP contribution is 2.32. The molecule has 6 nitrogen and oxygen atoms in total. The lowest BCUT2D eigenvalue weighted by Gasteiger charge is -2.36. The quantitative estimate of drug-likeness (QED) is 0.761. The van der Waals surface area contributed by atoms with Crippen molar-refractivity contribution in [1.82, 2.24) is 9.62 Å². The summed E-state index contributed by atoms with van der Waals surface area (Å²) in [6.45, 7) is 6.53. The maximum atomic E-state index is 13.5. The Bertz CT molecular complexity index is 1190. The Kier molecular flexibility index (Phi) is 5.45. The van der Waals surface area contributed by atoms with Crippen molar-refractivity contribution >= 4 is 21.6 Å². The first-order valence-corrected chi connectivity index (χ1v) is 11.8. The van der Waals surface area contributed by atoms with Crippen molar-refractivity contribution in [3.63, 3.8) is 0 Å². The number of halogens is 2. The van der Waals surface area contributed by atoms with E-state index >= 15 is 0 Å². The molecule has 0 aromatic heterocycles. The molecule has 32 heavy (non-hydrogen) atoms. The number of piperidine rings is 1.